The summed E-state index contributed by atoms with van der Waals surface area (Å²) >= 11 is 0. The van der Waals surface area contributed by atoms with Gasteiger partial charge in [0.15, 0.2) is 0 Å². The summed E-state index contributed by atoms with van der Waals surface area (Å²) < 4.78 is 4.70. The maximum atomic E-state index is 10.2. The van der Waals surface area contributed by atoms with Crippen LogP contribution in [0.25, 0.3) is 0 Å². The van der Waals surface area contributed by atoms with Crippen LogP contribution in [0, 0.1) is 0 Å². The summed E-state index contributed by atoms with van der Waals surface area (Å²) in [4.78, 5) is 10.2. The van der Waals surface area contributed by atoms with E-state index < -0.39 is 0 Å². The molecule has 0 aliphatic rings. The van der Waals surface area contributed by atoms with Crippen LogP contribution >= 0.6 is 0 Å². The van der Waals surface area contributed by atoms with Crippen molar-refractivity contribution in [1.29, 1.82) is 0 Å². The normalized spacial score (nSPS) is 8.20. The van der Waals surface area contributed by atoms with Crippen molar-refractivity contribution < 1.29 is 40.5 Å². The number of rotatable bonds is 4. The molecule has 0 fully saturated rings. The van der Waals surface area contributed by atoms with Crippen LogP contribution in [0.2, 0.25) is 0 Å². The van der Waals surface area contributed by atoms with Gasteiger partial charge in [0.25, 0.3) is 0 Å². The van der Waals surface area contributed by atoms with E-state index in [1.54, 1.807) is 0 Å². The Bertz CT molecular complexity index is 88.5. The summed E-state index contributed by atoms with van der Waals surface area (Å²) in [5.41, 5.74) is 0. The second-order valence-corrected chi connectivity index (χ2v) is 2.05. The quantitative estimate of drug-likeness (QED) is 0.290. The molecule has 10 heavy (non-hydrogen) atoms. The molecule has 2 nitrogen and oxygen atoms in total. The molecule has 0 aromatic carbocycles. The van der Waals surface area contributed by atoms with Gasteiger partial charge < -0.3 is 6.16 Å². The van der Waals surface area contributed by atoms with Crippen LogP contribution in [0.1, 0.15) is 34.5 Å². The molecule has 0 atom stereocenters. The molecule has 3 heteroatoms. The van der Waals surface area contributed by atoms with Crippen molar-refractivity contribution in [1.82, 2.24) is 0 Å². The summed E-state index contributed by atoms with van der Waals surface area (Å²) in [6.07, 6.45) is 3.31. The molecule has 0 rings (SSSR count). The first-order valence-electron chi connectivity index (χ1n) is 3.40. The SMILES string of the molecule is CCCCCOC(C)=O.[H-].[Na+]. The van der Waals surface area contributed by atoms with E-state index >= 15 is 0 Å². The summed E-state index contributed by atoms with van der Waals surface area (Å²) in [6.45, 7) is 4.14. The van der Waals surface area contributed by atoms with Crippen molar-refractivity contribution in [3.05, 3.63) is 0 Å². The molecule has 0 N–H and O–H groups in total. The first-order valence-corrected chi connectivity index (χ1v) is 3.40. The summed E-state index contributed by atoms with van der Waals surface area (Å²) in [7, 11) is 0. The van der Waals surface area contributed by atoms with Crippen molar-refractivity contribution >= 4 is 5.97 Å². The molecule has 0 saturated carbocycles. The Morgan fingerprint density at radius 2 is 2.10 bits per heavy atom. The standard InChI is InChI=1S/C7H14O2.Na.H/c1-3-4-5-6-9-7(2)8;;/h3-6H2,1-2H3;;/q;+1;-1. The summed E-state index contributed by atoms with van der Waals surface area (Å²) in [6, 6.07) is 0. The van der Waals surface area contributed by atoms with Crippen molar-refractivity contribution in [3.63, 3.8) is 0 Å². The molecular weight excluding hydrogens is 139 g/mol. The number of hydrogen-bond donors (Lipinski definition) is 0. The van der Waals surface area contributed by atoms with E-state index in [2.05, 4.69) is 6.92 Å². The maximum absolute atomic E-state index is 10.2. The van der Waals surface area contributed by atoms with Gasteiger partial charge in [0.1, 0.15) is 0 Å². The van der Waals surface area contributed by atoms with Gasteiger partial charge >= 0.3 is 35.5 Å². The van der Waals surface area contributed by atoms with Crippen LogP contribution in [0.4, 0.5) is 0 Å². The van der Waals surface area contributed by atoms with Gasteiger partial charge in [0, 0.05) is 6.92 Å². The Labute approximate surface area is 86.1 Å². The fourth-order valence-electron chi connectivity index (χ4n) is 0.568. The summed E-state index contributed by atoms with van der Waals surface area (Å²) in [5.74, 6) is -0.175. The van der Waals surface area contributed by atoms with E-state index in [9.17, 15) is 4.79 Å². The molecule has 0 aromatic rings. The van der Waals surface area contributed by atoms with Crippen molar-refractivity contribution in [2.45, 2.75) is 33.1 Å². The van der Waals surface area contributed by atoms with Gasteiger partial charge in [-0.1, -0.05) is 19.8 Å². The van der Waals surface area contributed by atoms with Gasteiger partial charge in [-0.25, -0.2) is 0 Å². The minimum Gasteiger partial charge on any atom is -1.00 e. The zero-order valence-corrected chi connectivity index (χ0v) is 9.14. The molecular formula is C7H15NaO2. The molecule has 0 aliphatic heterocycles. The Morgan fingerprint density at radius 1 is 1.50 bits per heavy atom. The Balaban J connectivity index is -0.000000320. The molecule has 0 aromatic heterocycles. The Kier molecular flexibility index (Phi) is 12.4. The van der Waals surface area contributed by atoms with Gasteiger partial charge in [0.05, 0.1) is 6.61 Å². The number of hydrogen-bond acceptors (Lipinski definition) is 2. The van der Waals surface area contributed by atoms with E-state index in [1.807, 2.05) is 0 Å². The third-order valence-electron chi connectivity index (χ3n) is 1.05. The van der Waals surface area contributed by atoms with E-state index in [4.69, 9.17) is 4.74 Å². The van der Waals surface area contributed by atoms with Crippen LogP contribution in [0.15, 0.2) is 0 Å². The number of esters is 1. The predicted molar refractivity (Wildman–Crippen MR) is 37.3 cm³/mol. The third-order valence-corrected chi connectivity index (χ3v) is 1.05. The van der Waals surface area contributed by atoms with E-state index in [1.165, 1.54) is 13.3 Å². The van der Waals surface area contributed by atoms with Crippen LogP contribution in [-0.4, -0.2) is 12.6 Å². The minimum absolute atomic E-state index is 0. The zero-order chi connectivity index (χ0) is 7.11. The molecule has 0 amide bonds. The molecule has 0 unspecified atom stereocenters. The fraction of sp³-hybridized carbons (Fsp3) is 0.857. The number of carbonyl (C=O) groups is 1. The molecule has 56 valence electrons. The van der Waals surface area contributed by atoms with Crippen LogP contribution < -0.4 is 29.6 Å². The van der Waals surface area contributed by atoms with E-state index in [0.29, 0.717) is 6.61 Å². The Hall–Kier alpha value is 0.470. The zero-order valence-electron chi connectivity index (χ0n) is 8.14. The average molecular weight is 154 g/mol. The van der Waals surface area contributed by atoms with Gasteiger partial charge in [0.2, 0.25) is 0 Å². The minimum atomic E-state index is -0.175. The first-order chi connectivity index (χ1) is 4.27. The smallest absolute Gasteiger partial charge is 1.00 e. The van der Waals surface area contributed by atoms with E-state index in [-0.39, 0.29) is 37.0 Å². The molecule has 0 radical (unpaired) electrons. The van der Waals surface area contributed by atoms with Crippen molar-refractivity contribution in [3.8, 4) is 0 Å². The third kappa shape index (κ3) is 11.3. The molecule has 0 spiro atoms. The van der Waals surface area contributed by atoms with Crippen molar-refractivity contribution in [2.24, 2.45) is 0 Å². The molecule has 0 aliphatic carbocycles. The predicted octanol–water partition coefficient (Wildman–Crippen LogP) is -1.14. The maximum Gasteiger partial charge on any atom is 1.00 e. The largest absolute Gasteiger partial charge is 1.00 e. The van der Waals surface area contributed by atoms with Crippen molar-refractivity contribution in [2.75, 3.05) is 6.61 Å². The molecule has 0 bridgehead atoms. The number of ether oxygens (including phenoxy) is 1. The molecule has 0 heterocycles. The van der Waals surface area contributed by atoms with Gasteiger partial charge in [-0.3, -0.25) is 4.79 Å². The van der Waals surface area contributed by atoms with Crippen LogP contribution in [-0.2, 0) is 9.53 Å². The number of carbonyl (C=O) groups excluding carboxylic acids is 1. The second-order valence-electron chi connectivity index (χ2n) is 2.05. The summed E-state index contributed by atoms with van der Waals surface area (Å²) in [5, 5.41) is 0. The monoisotopic (exact) mass is 154 g/mol. The van der Waals surface area contributed by atoms with Gasteiger partial charge in [-0.15, -0.1) is 0 Å². The van der Waals surface area contributed by atoms with Gasteiger partial charge in [-0.05, 0) is 6.42 Å². The van der Waals surface area contributed by atoms with Crippen LogP contribution in [0.5, 0.6) is 0 Å². The van der Waals surface area contributed by atoms with Gasteiger partial charge in [-0.2, -0.15) is 0 Å². The van der Waals surface area contributed by atoms with Crippen LogP contribution in [0.3, 0.4) is 0 Å². The Morgan fingerprint density at radius 3 is 2.50 bits per heavy atom. The van der Waals surface area contributed by atoms with E-state index in [0.717, 1.165) is 12.8 Å². The average Bonchev–Trinajstić information content (AvgIpc) is 1.80. The first kappa shape index (κ1) is 13.1. The topological polar surface area (TPSA) is 26.3 Å². The fourth-order valence-corrected chi connectivity index (χ4v) is 0.568. The second kappa shape index (κ2) is 9.47. The number of unbranched alkanes of at least 4 members (excludes halogenated alkanes) is 2. The molecule has 0 saturated heterocycles.